The molecule has 0 amide bonds. The van der Waals surface area contributed by atoms with Crippen molar-refractivity contribution >= 4 is 43.5 Å². The number of carbonyl (C=O) groups is 1. The molecule has 1 aromatic rings. The summed E-state index contributed by atoms with van der Waals surface area (Å²) in [5, 5.41) is 8.55. The Labute approximate surface area is 118 Å². The summed E-state index contributed by atoms with van der Waals surface area (Å²) in [6.07, 6.45) is 0.128. The third-order valence-electron chi connectivity index (χ3n) is 2.05. The van der Waals surface area contributed by atoms with Gasteiger partial charge in [0.1, 0.15) is 4.90 Å². The third kappa shape index (κ3) is 4.24. The largest absolute Gasteiger partial charge is 0.481 e. The normalized spacial score (nSPS) is 11.4. The molecule has 0 atom stereocenters. The molecule has 0 aromatic heterocycles. The van der Waals surface area contributed by atoms with Crippen LogP contribution in [0.15, 0.2) is 27.6 Å². The van der Waals surface area contributed by atoms with Crippen LogP contribution >= 0.6 is 27.5 Å². The molecule has 18 heavy (non-hydrogen) atoms. The van der Waals surface area contributed by atoms with Crippen molar-refractivity contribution in [3.63, 3.8) is 0 Å². The minimum absolute atomic E-state index is 0.0398. The molecule has 0 saturated carbocycles. The lowest BCUT2D eigenvalue weighted by molar-refractivity contribution is -0.137. The molecule has 0 aliphatic rings. The van der Waals surface area contributed by atoms with Gasteiger partial charge in [-0.1, -0.05) is 17.7 Å². The van der Waals surface area contributed by atoms with Crippen LogP contribution in [0, 0.1) is 0 Å². The van der Waals surface area contributed by atoms with E-state index in [1.165, 1.54) is 6.07 Å². The summed E-state index contributed by atoms with van der Waals surface area (Å²) in [5.74, 6) is -0.965. The fourth-order valence-corrected chi connectivity index (χ4v) is 4.06. The van der Waals surface area contributed by atoms with Crippen LogP contribution < -0.4 is 4.72 Å². The average Bonchev–Trinajstić information content (AvgIpc) is 2.23. The highest BCUT2D eigenvalue weighted by Gasteiger charge is 2.20. The van der Waals surface area contributed by atoms with Gasteiger partial charge in [-0.25, -0.2) is 13.1 Å². The van der Waals surface area contributed by atoms with Crippen molar-refractivity contribution in [2.75, 3.05) is 6.54 Å². The Bertz CT molecular complexity index is 527. The molecule has 0 spiro atoms. The van der Waals surface area contributed by atoms with Gasteiger partial charge in [-0.05, 0) is 34.5 Å². The molecule has 0 aliphatic heterocycles. The summed E-state index contributed by atoms with van der Waals surface area (Å²) in [7, 11) is -3.74. The van der Waals surface area contributed by atoms with Gasteiger partial charge in [0.05, 0.1) is 5.02 Å². The van der Waals surface area contributed by atoms with Crippen LogP contribution in [0.3, 0.4) is 0 Å². The molecular weight excluding hydrogens is 346 g/mol. The first-order chi connectivity index (χ1) is 8.34. The Hall–Kier alpha value is -0.630. The summed E-state index contributed by atoms with van der Waals surface area (Å²) in [6, 6.07) is 4.66. The Morgan fingerprint density at radius 3 is 2.67 bits per heavy atom. The highest BCUT2D eigenvalue weighted by molar-refractivity contribution is 9.10. The highest BCUT2D eigenvalue weighted by atomic mass is 79.9. The Morgan fingerprint density at radius 2 is 2.11 bits per heavy atom. The number of aliphatic carboxylic acids is 1. The molecule has 1 aromatic carbocycles. The first-order valence-electron chi connectivity index (χ1n) is 5.00. The van der Waals surface area contributed by atoms with Gasteiger partial charge in [-0.15, -0.1) is 0 Å². The van der Waals surface area contributed by atoms with Crippen LogP contribution in [0.1, 0.15) is 12.8 Å². The van der Waals surface area contributed by atoms with E-state index in [4.69, 9.17) is 16.7 Å². The number of hydrogen-bond donors (Lipinski definition) is 2. The number of rotatable bonds is 6. The minimum atomic E-state index is -3.74. The summed E-state index contributed by atoms with van der Waals surface area (Å²) in [5.41, 5.74) is 0. The van der Waals surface area contributed by atoms with E-state index in [0.717, 1.165) is 0 Å². The molecule has 0 bridgehead atoms. The molecule has 0 saturated heterocycles. The van der Waals surface area contributed by atoms with Crippen molar-refractivity contribution in [3.05, 3.63) is 27.7 Å². The Balaban J connectivity index is 2.78. The molecule has 0 fully saturated rings. The molecule has 5 nitrogen and oxygen atoms in total. The van der Waals surface area contributed by atoms with Crippen LogP contribution in [-0.2, 0) is 14.8 Å². The summed E-state index contributed by atoms with van der Waals surface area (Å²) in [6.45, 7) is 0.0479. The van der Waals surface area contributed by atoms with E-state index in [0.29, 0.717) is 4.47 Å². The third-order valence-corrected chi connectivity index (χ3v) is 4.96. The Kier molecular flexibility index (Phi) is 5.58. The molecule has 8 heteroatoms. The number of hydrogen-bond acceptors (Lipinski definition) is 3. The van der Waals surface area contributed by atoms with Crippen molar-refractivity contribution < 1.29 is 18.3 Å². The highest BCUT2D eigenvalue weighted by Crippen LogP contribution is 2.28. The number of benzene rings is 1. The van der Waals surface area contributed by atoms with Crippen LogP contribution in [-0.4, -0.2) is 26.0 Å². The number of sulfonamides is 1. The van der Waals surface area contributed by atoms with E-state index < -0.39 is 16.0 Å². The predicted molar refractivity (Wildman–Crippen MR) is 71.2 cm³/mol. The van der Waals surface area contributed by atoms with E-state index in [1.54, 1.807) is 12.1 Å². The van der Waals surface area contributed by atoms with Crippen molar-refractivity contribution in [2.45, 2.75) is 17.7 Å². The second kappa shape index (κ2) is 6.51. The van der Waals surface area contributed by atoms with E-state index in [1.807, 2.05) is 0 Å². The number of nitrogens with one attached hydrogen (secondary N) is 1. The number of carboxylic acid groups (broad SMARTS) is 1. The van der Waals surface area contributed by atoms with Gasteiger partial charge in [-0.2, -0.15) is 0 Å². The number of carboxylic acids is 1. The van der Waals surface area contributed by atoms with Gasteiger partial charge in [0, 0.05) is 17.4 Å². The minimum Gasteiger partial charge on any atom is -0.481 e. The maximum Gasteiger partial charge on any atom is 0.303 e. The lowest BCUT2D eigenvalue weighted by Crippen LogP contribution is -2.25. The van der Waals surface area contributed by atoms with Crippen molar-refractivity contribution in [1.29, 1.82) is 0 Å². The molecule has 2 N–H and O–H groups in total. The first-order valence-corrected chi connectivity index (χ1v) is 7.65. The second-order valence-electron chi connectivity index (χ2n) is 3.45. The van der Waals surface area contributed by atoms with Gasteiger partial charge in [0.15, 0.2) is 0 Å². The summed E-state index contributed by atoms with van der Waals surface area (Å²) >= 11 is 8.95. The predicted octanol–water partition coefficient (Wildman–Crippen LogP) is 2.25. The van der Waals surface area contributed by atoms with Gasteiger partial charge in [0.25, 0.3) is 0 Å². The van der Waals surface area contributed by atoms with Crippen LogP contribution in [0.25, 0.3) is 0 Å². The maximum absolute atomic E-state index is 11.9. The molecule has 100 valence electrons. The number of halogens is 2. The van der Waals surface area contributed by atoms with Crippen LogP contribution in [0.4, 0.5) is 0 Å². The van der Waals surface area contributed by atoms with Crippen LogP contribution in [0.2, 0.25) is 5.02 Å². The topological polar surface area (TPSA) is 83.5 Å². The summed E-state index contributed by atoms with van der Waals surface area (Å²) in [4.78, 5) is 10.3. The fourth-order valence-electron chi connectivity index (χ4n) is 1.26. The zero-order valence-electron chi connectivity index (χ0n) is 9.19. The lowest BCUT2D eigenvalue weighted by Gasteiger charge is -2.09. The van der Waals surface area contributed by atoms with E-state index in [9.17, 15) is 13.2 Å². The van der Waals surface area contributed by atoms with Crippen LogP contribution in [0.5, 0.6) is 0 Å². The van der Waals surface area contributed by atoms with Crippen molar-refractivity contribution in [1.82, 2.24) is 4.72 Å². The fraction of sp³-hybridized carbons (Fsp3) is 0.300. The van der Waals surface area contributed by atoms with Gasteiger partial charge in [-0.3, -0.25) is 4.79 Å². The van der Waals surface area contributed by atoms with Gasteiger partial charge < -0.3 is 5.11 Å². The molecular formula is C10H11BrClNO4S. The van der Waals surface area contributed by atoms with E-state index >= 15 is 0 Å². The van der Waals surface area contributed by atoms with Gasteiger partial charge >= 0.3 is 5.97 Å². The smallest absolute Gasteiger partial charge is 0.303 e. The zero-order chi connectivity index (χ0) is 13.8. The quantitative estimate of drug-likeness (QED) is 0.766. The SMILES string of the molecule is O=C(O)CCCNS(=O)(=O)c1c(Cl)cccc1Br. The molecule has 0 unspecified atom stereocenters. The van der Waals surface area contributed by atoms with Gasteiger partial charge in [0.2, 0.25) is 10.0 Å². The molecule has 0 radical (unpaired) electrons. The molecule has 0 aliphatic carbocycles. The van der Waals surface area contributed by atoms with Crippen molar-refractivity contribution in [2.24, 2.45) is 0 Å². The molecule has 1 rings (SSSR count). The Morgan fingerprint density at radius 1 is 1.44 bits per heavy atom. The average molecular weight is 357 g/mol. The standard InChI is InChI=1S/C10H11BrClNO4S/c11-7-3-1-4-8(12)10(7)18(16,17)13-6-2-5-9(14)15/h1,3-4,13H,2,5-6H2,(H,14,15). The monoisotopic (exact) mass is 355 g/mol. The van der Waals surface area contributed by atoms with Crippen molar-refractivity contribution in [3.8, 4) is 0 Å². The molecule has 0 heterocycles. The van der Waals surface area contributed by atoms with E-state index in [2.05, 4.69) is 20.7 Å². The van der Waals surface area contributed by atoms with E-state index in [-0.39, 0.29) is 29.3 Å². The zero-order valence-corrected chi connectivity index (χ0v) is 12.3. The maximum atomic E-state index is 11.9. The second-order valence-corrected chi connectivity index (χ2v) is 6.41. The first kappa shape index (κ1) is 15.4. The lowest BCUT2D eigenvalue weighted by atomic mass is 10.3. The summed E-state index contributed by atoms with van der Waals surface area (Å²) < 4.78 is 26.6.